The first-order valence-corrected chi connectivity index (χ1v) is 8.41. The van der Waals surface area contributed by atoms with Gasteiger partial charge in [-0.3, -0.25) is 9.59 Å². The Hall–Kier alpha value is -3.35. The molecular weight excluding hydrogens is 348 g/mol. The summed E-state index contributed by atoms with van der Waals surface area (Å²) in [6, 6.07) is 13.9. The van der Waals surface area contributed by atoms with Crippen LogP contribution in [0.5, 0.6) is 5.75 Å². The quantitative estimate of drug-likeness (QED) is 0.745. The third-order valence-corrected chi connectivity index (χ3v) is 4.00. The lowest BCUT2D eigenvalue weighted by atomic mass is 10.1. The van der Waals surface area contributed by atoms with Gasteiger partial charge in [0.05, 0.1) is 18.4 Å². The molecular formula is C20H22N2O5. The number of benzene rings is 2. The number of carboxylic acids is 1. The first-order valence-electron chi connectivity index (χ1n) is 8.41. The highest BCUT2D eigenvalue weighted by molar-refractivity contribution is 6.01. The zero-order chi connectivity index (χ0) is 19.8. The van der Waals surface area contributed by atoms with E-state index in [0.29, 0.717) is 12.3 Å². The molecule has 0 aliphatic rings. The van der Waals surface area contributed by atoms with Crippen molar-refractivity contribution in [3.8, 4) is 5.75 Å². The van der Waals surface area contributed by atoms with Crippen molar-refractivity contribution >= 4 is 23.5 Å². The van der Waals surface area contributed by atoms with Gasteiger partial charge in [-0.25, -0.2) is 4.79 Å². The van der Waals surface area contributed by atoms with Crippen LogP contribution in [0.25, 0.3) is 0 Å². The monoisotopic (exact) mass is 370 g/mol. The number of aromatic carboxylic acids is 1. The highest BCUT2D eigenvalue weighted by Gasteiger charge is 2.16. The number of carbonyl (C=O) groups excluding carboxylic acids is 2. The number of carbonyl (C=O) groups is 3. The number of methoxy groups -OCH3 is 1. The van der Waals surface area contributed by atoms with Crippen molar-refractivity contribution in [2.24, 2.45) is 0 Å². The summed E-state index contributed by atoms with van der Waals surface area (Å²) >= 11 is 0. The molecule has 0 atom stereocenters. The van der Waals surface area contributed by atoms with Gasteiger partial charge in [-0.2, -0.15) is 0 Å². The zero-order valence-corrected chi connectivity index (χ0v) is 15.3. The van der Waals surface area contributed by atoms with Crippen molar-refractivity contribution in [1.82, 2.24) is 4.90 Å². The molecule has 0 saturated heterocycles. The summed E-state index contributed by atoms with van der Waals surface area (Å²) in [5, 5.41) is 11.9. The zero-order valence-electron chi connectivity index (χ0n) is 15.3. The number of ether oxygens (including phenoxy) is 1. The van der Waals surface area contributed by atoms with E-state index in [9.17, 15) is 19.5 Å². The lowest BCUT2D eigenvalue weighted by Crippen LogP contribution is -2.31. The van der Waals surface area contributed by atoms with E-state index in [1.807, 2.05) is 30.3 Å². The largest absolute Gasteiger partial charge is 0.497 e. The summed E-state index contributed by atoms with van der Waals surface area (Å²) in [4.78, 5) is 37.0. The van der Waals surface area contributed by atoms with E-state index in [-0.39, 0.29) is 36.0 Å². The predicted octanol–water partition coefficient (Wildman–Crippen LogP) is 2.77. The Morgan fingerprint density at radius 1 is 1.11 bits per heavy atom. The van der Waals surface area contributed by atoms with Gasteiger partial charge in [0.15, 0.2) is 0 Å². The number of hydrogen-bond donors (Lipinski definition) is 2. The molecule has 2 rings (SSSR count). The summed E-state index contributed by atoms with van der Waals surface area (Å²) in [5.41, 5.74) is 1.09. The van der Waals surface area contributed by atoms with Crippen LogP contribution in [0.15, 0.2) is 48.5 Å². The Bertz CT molecular complexity index is 820. The smallest absolute Gasteiger partial charge is 0.337 e. The van der Waals surface area contributed by atoms with Gasteiger partial charge < -0.3 is 20.1 Å². The Kier molecular flexibility index (Phi) is 6.93. The minimum atomic E-state index is -1.17. The molecule has 0 spiro atoms. The highest BCUT2D eigenvalue weighted by Crippen LogP contribution is 2.22. The third kappa shape index (κ3) is 5.85. The molecule has 0 unspecified atom stereocenters. The van der Waals surface area contributed by atoms with E-state index >= 15 is 0 Å². The Morgan fingerprint density at radius 3 is 2.41 bits per heavy atom. The van der Waals surface area contributed by atoms with Crippen molar-refractivity contribution in [1.29, 1.82) is 0 Å². The number of amides is 2. The van der Waals surface area contributed by atoms with Crippen molar-refractivity contribution < 1.29 is 24.2 Å². The maximum absolute atomic E-state index is 12.2. The van der Waals surface area contributed by atoms with Gasteiger partial charge in [-0.1, -0.05) is 30.3 Å². The van der Waals surface area contributed by atoms with E-state index in [1.165, 1.54) is 26.2 Å². The summed E-state index contributed by atoms with van der Waals surface area (Å²) in [6.45, 7) is 2.09. The van der Waals surface area contributed by atoms with Crippen LogP contribution in [0.1, 0.15) is 29.3 Å². The van der Waals surface area contributed by atoms with Crippen molar-refractivity contribution in [2.75, 3.05) is 19.0 Å². The van der Waals surface area contributed by atoms with Crippen molar-refractivity contribution in [3.05, 3.63) is 59.7 Å². The number of nitrogens with zero attached hydrogens (tertiary/aromatic N) is 1. The number of carboxylic acid groups (broad SMARTS) is 1. The van der Waals surface area contributed by atoms with Crippen LogP contribution >= 0.6 is 0 Å². The molecule has 0 saturated carbocycles. The summed E-state index contributed by atoms with van der Waals surface area (Å²) in [6.07, 6.45) is 0.0531. The molecule has 0 heterocycles. The van der Waals surface area contributed by atoms with E-state index in [4.69, 9.17) is 4.74 Å². The number of anilines is 1. The molecule has 142 valence electrons. The molecule has 0 aliphatic carbocycles. The van der Waals surface area contributed by atoms with Crippen LogP contribution in [0.3, 0.4) is 0 Å². The fourth-order valence-corrected chi connectivity index (χ4v) is 2.54. The molecule has 7 heteroatoms. The molecule has 0 aromatic heterocycles. The molecule has 0 radical (unpaired) electrons. The predicted molar refractivity (Wildman–Crippen MR) is 101 cm³/mol. The standard InChI is InChI=1S/C20H22N2O5/c1-14(23)22(13-15-6-4-3-5-7-15)11-10-19(24)21-18-9-8-16(27-2)12-17(18)20(25)26/h3-9,12H,10-11,13H2,1-2H3,(H,21,24)(H,25,26). The second-order valence-electron chi connectivity index (χ2n) is 5.94. The number of nitrogens with one attached hydrogen (secondary N) is 1. The average molecular weight is 370 g/mol. The second kappa shape index (κ2) is 9.38. The highest BCUT2D eigenvalue weighted by atomic mass is 16.5. The summed E-state index contributed by atoms with van der Waals surface area (Å²) in [5.74, 6) is -1.29. The first-order chi connectivity index (χ1) is 12.9. The van der Waals surface area contributed by atoms with Gasteiger partial charge >= 0.3 is 5.97 Å². The topological polar surface area (TPSA) is 95.9 Å². The van der Waals surface area contributed by atoms with E-state index in [2.05, 4.69) is 5.32 Å². The fourth-order valence-electron chi connectivity index (χ4n) is 2.54. The lowest BCUT2D eigenvalue weighted by molar-refractivity contribution is -0.129. The Morgan fingerprint density at radius 2 is 1.81 bits per heavy atom. The molecule has 0 fully saturated rings. The van der Waals surface area contributed by atoms with Gasteiger partial charge in [0.25, 0.3) is 0 Å². The van der Waals surface area contributed by atoms with Crippen LogP contribution in [-0.4, -0.2) is 41.4 Å². The van der Waals surface area contributed by atoms with Crippen molar-refractivity contribution in [2.45, 2.75) is 19.9 Å². The molecule has 0 aliphatic heterocycles. The van der Waals surface area contributed by atoms with Gasteiger partial charge in [-0.05, 0) is 23.8 Å². The maximum atomic E-state index is 12.2. The maximum Gasteiger partial charge on any atom is 0.337 e. The fraction of sp³-hybridized carbons (Fsp3) is 0.250. The molecule has 7 nitrogen and oxygen atoms in total. The van der Waals surface area contributed by atoms with Crippen LogP contribution in [0.4, 0.5) is 5.69 Å². The number of rotatable bonds is 8. The van der Waals surface area contributed by atoms with E-state index < -0.39 is 5.97 Å². The van der Waals surface area contributed by atoms with Crippen molar-refractivity contribution in [3.63, 3.8) is 0 Å². The molecule has 2 N–H and O–H groups in total. The van der Waals surface area contributed by atoms with Gasteiger partial charge in [0, 0.05) is 26.4 Å². The Balaban J connectivity index is 2.00. The van der Waals surface area contributed by atoms with Crippen LogP contribution in [0.2, 0.25) is 0 Å². The first kappa shape index (κ1) is 20.0. The molecule has 2 amide bonds. The van der Waals surface area contributed by atoms with Crippen LogP contribution < -0.4 is 10.1 Å². The summed E-state index contributed by atoms with van der Waals surface area (Å²) in [7, 11) is 1.43. The SMILES string of the molecule is COc1ccc(NC(=O)CCN(Cc2ccccc2)C(C)=O)c(C(=O)O)c1. The van der Waals surface area contributed by atoms with E-state index in [0.717, 1.165) is 5.56 Å². The third-order valence-electron chi connectivity index (χ3n) is 4.00. The molecule has 27 heavy (non-hydrogen) atoms. The lowest BCUT2D eigenvalue weighted by Gasteiger charge is -2.21. The van der Waals surface area contributed by atoms with Crippen LogP contribution in [-0.2, 0) is 16.1 Å². The van der Waals surface area contributed by atoms with Gasteiger partial charge in [0.2, 0.25) is 11.8 Å². The molecule has 2 aromatic carbocycles. The summed E-state index contributed by atoms with van der Waals surface area (Å²) < 4.78 is 5.01. The second-order valence-corrected chi connectivity index (χ2v) is 5.94. The molecule has 2 aromatic rings. The average Bonchev–Trinajstić information content (AvgIpc) is 2.65. The van der Waals surface area contributed by atoms with Crippen LogP contribution in [0, 0.1) is 0 Å². The minimum Gasteiger partial charge on any atom is -0.497 e. The number of hydrogen-bond acceptors (Lipinski definition) is 4. The normalized spacial score (nSPS) is 10.1. The van der Waals surface area contributed by atoms with E-state index in [1.54, 1.807) is 11.0 Å². The minimum absolute atomic E-state index is 0.0531. The Labute approximate surface area is 157 Å². The molecule has 0 bridgehead atoms. The van der Waals surface area contributed by atoms with Gasteiger partial charge in [0.1, 0.15) is 5.75 Å². The van der Waals surface area contributed by atoms with Gasteiger partial charge in [-0.15, -0.1) is 0 Å².